The Kier molecular flexibility index (Phi) is 8.89. The molecule has 1 unspecified atom stereocenters. The van der Waals surface area contributed by atoms with Gasteiger partial charge in [0, 0.05) is 18.5 Å². The van der Waals surface area contributed by atoms with Crippen LogP contribution < -0.4 is 10.1 Å². The predicted molar refractivity (Wildman–Crippen MR) is 134 cm³/mol. The Bertz CT molecular complexity index is 1260. The quantitative estimate of drug-likeness (QED) is 0.319. The van der Waals surface area contributed by atoms with Crippen LogP contribution in [0, 0.1) is 6.92 Å². The molecule has 196 valence electrons. The molecule has 3 rings (SSSR count). The van der Waals surface area contributed by atoms with Crippen molar-refractivity contribution >= 4 is 18.0 Å². The average molecular weight is 511 g/mol. The molecule has 1 amide bonds. The van der Waals surface area contributed by atoms with E-state index in [1.165, 1.54) is 12.1 Å². The maximum atomic E-state index is 12.0. The Hall–Kier alpha value is -4.34. The van der Waals surface area contributed by atoms with Crippen LogP contribution in [0.25, 0.3) is 11.5 Å². The highest BCUT2D eigenvalue weighted by Crippen LogP contribution is 2.29. The first kappa shape index (κ1) is 27.3. The fourth-order valence-electron chi connectivity index (χ4n) is 3.67. The number of aromatic nitrogens is 1. The maximum absolute atomic E-state index is 12.0. The molecule has 0 spiro atoms. The lowest BCUT2D eigenvalue weighted by Gasteiger charge is -2.17. The highest BCUT2D eigenvalue weighted by molar-refractivity contribution is 5.88. The number of hydrogen-bond acceptors (Lipinski definition) is 7. The van der Waals surface area contributed by atoms with Gasteiger partial charge in [0.25, 0.3) is 0 Å². The number of carboxylic acid groups (broad SMARTS) is 2. The standard InChI is InChI=1S/C27H30N2O8/c1-15(2)35-27(34)28-14-21-13-22(11-9-18(21)10-12-23(30)31)36-16(3)24-17(4)37-25(29-24)19-5-7-20(8-6-19)26(32)33/h5-9,11,13,15-16H,10,12,14H2,1-4H3,(H,28,34)(H,30,31)(H,32,33). The van der Waals surface area contributed by atoms with Gasteiger partial charge in [-0.25, -0.2) is 14.6 Å². The molecule has 0 aliphatic rings. The van der Waals surface area contributed by atoms with E-state index in [-0.39, 0.29) is 24.6 Å². The number of amides is 1. The fraction of sp³-hybridized carbons (Fsp3) is 0.333. The number of carboxylic acids is 2. The number of ether oxygens (including phenoxy) is 2. The number of benzene rings is 2. The van der Waals surface area contributed by atoms with E-state index >= 15 is 0 Å². The smallest absolute Gasteiger partial charge is 0.407 e. The van der Waals surface area contributed by atoms with Crippen LogP contribution in [0.3, 0.4) is 0 Å². The Morgan fingerprint density at radius 1 is 1.03 bits per heavy atom. The fourth-order valence-corrected chi connectivity index (χ4v) is 3.67. The summed E-state index contributed by atoms with van der Waals surface area (Å²) in [5, 5.41) is 20.8. The molecule has 3 aromatic rings. The molecule has 3 N–H and O–H groups in total. The second-order valence-electron chi connectivity index (χ2n) is 8.73. The van der Waals surface area contributed by atoms with Gasteiger partial charge < -0.3 is 29.4 Å². The van der Waals surface area contributed by atoms with Crippen LogP contribution in [-0.4, -0.2) is 39.3 Å². The third-order valence-corrected chi connectivity index (χ3v) is 5.46. The third kappa shape index (κ3) is 7.57. The number of alkyl carbamates (subject to hydrolysis) is 1. The van der Waals surface area contributed by atoms with Crippen molar-refractivity contribution in [3.8, 4) is 17.2 Å². The van der Waals surface area contributed by atoms with Crippen molar-refractivity contribution in [2.75, 3.05) is 0 Å². The Morgan fingerprint density at radius 2 is 1.73 bits per heavy atom. The van der Waals surface area contributed by atoms with Gasteiger partial charge in [-0.1, -0.05) is 6.07 Å². The second kappa shape index (κ2) is 12.1. The van der Waals surface area contributed by atoms with Crippen LogP contribution >= 0.6 is 0 Å². The molecule has 10 nitrogen and oxygen atoms in total. The number of oxazole rings is 1. The molecule has 0 radical (unpaired) electrons. The van der Waals surface area contributed by atoms with Gasteiger partial charge in [0.05, 0.1) is 11.7 Å². The normalized spacial score (nSPS) is 11.7. The molecule has 0 bridgehead atoms. The summed E-state index contributed by atoms with van der Waals surface area (Å²) in [4.78, 5) is 38.7. The zero-order chi connectivity index (χ0) is 27.1. The van der Waals surface area contributed by atoms with E-state index < -0.39 is 24.1 Å². The Labute approximate surface area is 214 Å². The highest BCUT2D eigenvalue weighted by atomic mass is 16.6. The molecule has 0 saturated carbocycles. The molecule has 0 aliphatic carbocycles. The van der Waals surface area contributed by atoms with Crippen LogP contribution in [0.2, 0.25) is 0 Å². The molecule has 10 heteroatoms. The monoisotopic (exact) mass is 510 g/mol. The van der Waals surface area contributed by atoms with Crippen molar-refractivity contribution in [2.45, 2.75) is 59.3 Å². The van der Waals surface area contributed by atoms with Gasteiger partial charge in [0.15, 0.2) is 0 Å². The predicted octanol–water partition coefficient (Wildman–Crippen LogP) is 5.14. The molecule has 1 aromatic heterocycles. The van der Waals surface area contributed by atoms with Gasteiger partial charge in [-0.05, 0) is 81.6 Å². The van der Waals surface area contributed by atoms with Crippen molar-refractivity contribution < 1.29 is 38.5 Å². The van der Waals surface area contributed by atoms with Gasteiger partial charge in [0.1, 0.15) is 23.3 Å². The second-order valence-corrected chi connectivity index (χ2v) is 8.73. The van der Waals surface area contributed by atoms with E-state index in [4.69, 9.17) is 24.1 Å². The number of aromatic carboxylic acids is 1. The van der Waals surface area contributed by atoms with E-state index in [2.05, 4.69) is 10.3 Å². The van der Waals surface area contributed by atoms with E-state index in [1.54, 1.807) is 51.1 Å². The molecule has 1 atom stereocenters. The minimum atomic E-state index is -1.02. The van der Waals surface area contributed by atoms with Crippen LogP contribution in [0.1, 0.15) is 66.2 Å². The van der Waals surface area contributed by atoms with Gasteiger partial charge in [-0.15, -0.1) is 0 Å². The van der Waals surface area contributed by atoms with E-state index in [1.807, 2.05) is 6.92 Å². The SMILES string of the molecule is Cc1oc(-c2ccc(C(=O)O)cc2)nc1C(C)Oc1ccc(CCC(=O)O)c(CNC(=O)OC(C)C)c1. The minimum Gasteiger partial charge on any atom is -0.484 e. The number of rotatable bonds is 11. The first-order valence-electron chi connectivity index (χ1n) is 11.8. The molecular weight excluding hydrogens is 480 g/mol. The Balaban J connectivity index is 1.78. The summed E-state index contributed by atoms with van der Waals surface area (Å²) < 4.78 is 17.0. The van der Waals surface area contributed by atoms with Crippen LogP contribution in [-0.2, 0) is 22.5 Å². The largest absolute Gasteiger partial charge is 0.484 e. The van der Waals surface area contributed by atoms with Gasteiger partial charge in [-0.2, -0.15) is 0 Å². The lowest BCUT2D eigenvalue weighted by Crippen LogP contribution is -2.26. The first-order chi connectivity index (χ1) is 17.5. The molecule has 1 heterocycles. The zero-order valence-corrected chi connectivity index (χ0v) is 21.1. The average Bonchev–Trinajstić information content (AvgIpc) is 3.23. The van der Waals surface area contributed by atoms with Gasteiger partial charge >= 0.3 is 18.0 Å². The van der Waals surface area contributed by atoms with Crippen molar-refractivity contribution in [1.82, 2.24) is 10.3 Å². The summed E-state index contributed by atoms with van der Waals surface area (Å²) >= 11 is 0. The van der Waals surface area contributed by atoms with Crippen molar-refractivity contribution in [3.63, 3.8) is 0 Å². The molecule has 0 aliphatic heterocycles. The number of aryl methyl sites for hydroxylation is 2. The van der Waals surface area contributed by atoms with Gasteiger partial charge in [0.2, 0.25) is 5.89 Å². The summed E-state index contributed by atoms with van der Waals surface area (Å²) in [6.45, 7) is 7.22. The number of carbonyl (C=O) groups is 3. The van der Waals surface area contributed by atoms with Crippen LogP contribution in [0.15, 0.2) is 46.9 Å². The molecule has 0 saturated heterocycles. The number of hydrogen-bond donors (Lipinski definition) is 3. The minimum absolute atomic E-state index is 0.0472. The number of nitrogens with one attached hydrogen (secondary N) is 1. The topological polar surface area (TPSA) is 148 Å². The van der Waals surface area contributed by atoms with Gasteiger partial charge in [-0.3, -0.25) is 4.79 Å². The zero-order valence-electron chi connectivity index (χ0n) is 21.1. The summed E-state index contributed by atoms with van der Waals surface area (Å²) in [6.07, 6.45) is -1.08. The summed E-state index contributed by atoms with van der Waals surface area (Å²) in [7, 11) is 0. The number of carbonyl (C=O) groups excluding carboxylic acids is 1. The van der Waals surface area contributed by atoms with Crippen molar-refractivity contribution in [2.24, 2.45) is 0 Å². The summed E-state index contributed by atoms with van der Waals surface area (Å²) in [5.41, 5.74) is 2.86. The lowest BCUT2D eigenvalue weighted by atomic mass is 10.0. The molecule has 2 aromatic carbocycles. The molecule has 37 heavy (non-hydrogen) atoms. The summed E-state index contributed by atoms with van der Waals surface area (Å²) in [5.74, 6) is -0.519. The van der Waals surface area contributed by atoms with Crippen molar-refractivity contribution in [1.29, 1.82) is 0 Å². The highest BCUT2D eigenvalue weighted by Gasteiger charge is 2.20. The first-order valence-corrected chi connectivity index (χ1v) is 11.8. The van der Waals surface area contributed by atoms with E-state index in [9.17, 15) is 14.4 Å². The molecule has 0 fully saturated rings. The lowest BCUT2D eigenvalue weighted by molar-refractivity contribution is -0.136. The Morgan fingerprint density at radius 3 is 2.35 bits per heavy atom. The maximum Gasteiger partial charge on any atom is 0.407 e. The van der Waals surface area contributed by atoms with E-state index in [0.717, 1.165) is 5.56 Å². The van der Waals surface area contributed by atoms with Crippen LogP contribution in [0.4, 0.5) is 4.79 Å². The number of aliphatic carboxylic acids is 1. The van der Waals surface area contributed by atoms with E-state index in [0.29, 0.717) is 40.6 Å². The number of nitrogens with zero attached hydrogens (tertiary/aromatic N) is 1. The van der Waals surface area contributed by atoms with Crippen molar-refractivity contribution in [3.05, 3.63) is 70.6 Å². The molecular formula is C27H30N2O8. The van der Waals surface area contributed by atoms with Crippen LogP contribution in [0.5, 0.6) is 5.75 Å². The summed E-state index contributed by atoms with van der Waals surface area (Å²) in [6, 6.07) is 11.5. The third-order valence-electron chi connectivity index (χ3n) is 5.46.